The molecule has 0 saturated heterocycles. The molecule has 0 bridgehead atoms. The average Bonchev–Trinajstić information content (AvgIpc) is 2.53. The maximum atomic E-state index is 11.9. The maximum absolute atomic E-state index is 11.9. The monoisotopic (exact) mass is 397 g/mol. The summed E-state index contributed by atoms with van der Waals surface area (Å²) in [6.45, 7) is 7.85. The lowest BCUT2D eigenvalue weighted by Crippen LogP contribution is -2.48. The van der Waals surface area contributed by atoms with Crippen molar-refractivity contribution in [3.8, 4) is 0 Å². The maximum Gasteiger partial charge on any atom is 0.328 e. The minimum Gasteiger partial charge on any atom is -0.464 e. The smallest absolute Gasteiger partial charge is 0.328 e. The van der Waals surface area contributed by atoms with E-state index in [1.165, 1.54) is 11.4 Å². The van der Waals surface area contributed by atoms with Gasteiger partial charge in [0.05, 0.1) is 13.2 Å². The van der Waals surface area contributed by atoms with Crippen molar-refractivity contribution in [3.05, 3.63) is 0 Å². The Morgan fingerprint density at radius 1 is 1.17 bits per heavy atom. The number of amides is 2. The van der Waals surface area contributed by atoms with E-state index >= 15 is 0 Å². The summed E-state index contributed by atoms with van der Waals surface area (Å²) in [5.41, 5.74) is 0. The van der Waals surface area contributed by atoms with E-state index in [1.54, 1.807) is 20.8 Å². The molecule has 10 heteroatoms. The lowest BCUT2D eigenvalue weighted by atomic mass is 10.0. The van der Waals surface area contributed by atoms with Crippen molar-refractivity contribution >= 4 is 46.9 Å². The number of rotatable bonds is 12. The summed E-state index contributed by atoms with van der Waals surface area (Å²) in [6.07, 6.45) is 0.467. The zero-order chi connectivity index (χ0) is 18.5. The Morgan fingerprint density at radius 2 is 1.83 bits per heavy atom. The fourth-order valence-corrected chi connectivity index (χ4v) is 4.22. The molecule has 2 amide bonds. The van der Waals surface area contributed by atoms with Crippen LogP contribution in [0.4, 0.5) is 0 Å². The quantitative estimate of drug-likeness (QED) is 0.380. The van der Waals surface area contributed by atoms with Gasteiger partial charge in [-0.1, -0.05) is 13.8 Å². The van der Waals surface area contributed by atoms with Gasteiger partial charge in [0.25, 0.3) is 5.90 Å². The average molecular weight is 397 g/mol. The second-order valence-corrected chi connectivity index (χ2v) is 10.6. The number of hydrogen-bond donors (Lipinski definition) is 2. The topological polar surface area (TPSA) is 93.7 Å². The van der Waals surface area contributed by atoms with Crippen LogP contribution in [0.15, 0.2) is 0 Å². The van der Waals surface area contributed by atoms with Gasteiger partial charge >= 0.3 is 5.97 Å². The largest absolute Gasteiger partial charge is 0.464 e. The van der Waals surface area contributed by atoms with Gasteiger partial charge in [0, 0.05) is 6.61 Å². The molecule has 2 atom stereocenters. The fourth-order valence-electron chi connectivity index (χ4n) is 1.52. The van der Waals surface area contributed by atoms with Crippen molar-refractivity contribution in [3.63, 3.8) is 0 Å². The Labute approximate surface area is 153 Å². The predicted molar refractivity (Wildman–Crippen MR) is 99.6 cm³/mol. The molecule has 0 aliphatic carbocycles. The van der Waals surface area contributed by atoms with Gasteiger partial charge in [-0.3, -0.25) is 9.59 Å². The van der Waals surface area contributed by atoms with Crippen LogP contribution >= 0.6 is 17.3 Å². The summed E-state index contributed by atoms with van der Waals surface area (Å²) in [4.78, 5) is 35.3. The highest BCUT2D eigenvalue weighted by Crippen LogP contribution is 2.37. The highest BCUT2D eigenvalue weighted by Gasteiger charge is 2.25. The number of hydrogen-bond acceptors (Lipinski definition) is 7. The SMILES string of the molecule is CCOC[P+](=S)SCC(=O)NCC(=O)N[C@H](C(=O)OCC)C(C)C. The standard InChI is InChI=1S/C14H25N2O5PS2/c1-5-20-9-22(23)24-8-12(18)15-7-11(17)16-13(10(3)4)14(19)21-6-2/h10,13H,5-9H2,1-4H3,(H-,15,16,17,18)/p+1/t13-/m0/s1. The fraction of sp³-hybridized carbons (Fsp3) is 0.786. The molecule has 0 aliphatic rings. The van der Waals surface area contributed by atoms with Crippen LogP contribution in [0.2, 0.25) is 0 Å². The predicted octanol–water partition coefficient (Wildman–Crippen LogP) is 1.39. The molecule has 0 aromatic rings. The van der Waals surface area contributed by atoms with Gasteiger partial charge in [-0.15, -0.1) is 0 Å². The minimum absolute atomic E-state index is 0.110. The normalized spacial score (nSPS) is 12.5. The zero-order valence-corrected chi connectivity index (χ0v) is 17.0. The van der Waals surface area contributed by atoms with Gasteiger partial charge in [0.1, 0.15) is 23.2 Å². The van der Waals surface area contributed by atoms with Crippen LogP contribution in [-0.4, -0.2) is 55.7 Å². The highest BCUT2D eigenvalue weighted by atomic mass is 32.9. The molecule has 0 heterocycles. The third kappa shape index (κ3) is 10.9. The summed E-state index contributed by atoms with van der Waals surface area (Å²) >= 11 is 6.53. The summed E-state index contributed by atoms with van der Waals surface area (Å²) in [5.74, 6) is -1.94. The van der Waals surface area contributed by atoms with Crippen molar-refractivity contribution in [2.24, 2.45) is 5.92 Å². The highest BCUT2D eigenvalue weighted by molar-refractivity contribution is 8.64. The Morgan fingerprint density at radius 3 is 2.38 bits per heavy atom. The number of esters is 1. The Kier molecular flexibility index (Phi) is 13.1. The molecular formula is C14H26N2O5PS2+. The third-order valence-corrected chi connectivity index (χ3v) is 6.62. The van der Waals surface area contributed by atoms with Crippen molar-refractivity contribution in [2.75, 3.05) is 31.9 Å². The summed E-state index contributed by atoms with van der Waals surface area (Å²) < 4.78 is 10.1. The van der Waals surface area contributed by atoms with E-state index in [2.05, 4.69) is 10.6 Å². The molecule has 138 valence electrons. The first-order valence-corrected chi connectivity index (χ1v) is 11.8. The van der Waals surface area contributed by atoms with Crippen molar-refractivity contribution in [2.45, 2.75) is 33.7 Å². The molecule has 0 spiro atoms. The molecular weight excluding hydrogens is 371 g/mol. The van der Waals surface area contributed by atoms with Crippen molar-refractivity contribution < 1.29 is 23.9 Å². The van der Waals surface area contributed by atoms with Gasteiger partial charge in [-0.2, -0.15) is 0 Å². The first-order valence-electron chi connectivity index (χ1n) is 7.69. The van der Waals surface area contributed by atoms with E-state index in [9.17, 15) is 14.4 Å². The number of ether oxygens (including phenoxy) is 2. The molecule has 24 heavy (non-hydrogen) atoms. The van der Waals surface area contributed by atoms with Crippen molar-refractivity contribution in [1.82, 2.24) is 10.6 Å². The Bertz CT molecular complexity index is 449. The molecule has 0 rings (SSSR count). The van der Waals surface area contributed by atoms with Gasteiger partial charge in [0.2, 0.25) is 18.2 Å². The number of nitrogens with one attached hydrogen (secondary N) is 2. The van der Waals surface area contributed by atoms with Crippen LogP contribution in [0.1, 0.15) is 27.7 Å². The molecule has 0 fully saturated rings. The Balaban J connectivity index is 4.16. The molecule has 2 N–H and O–H groups in total. The van der Waals surface area contributed by atoms with Crippen LogP contribution in [0, 0.1) is 5.92 Å². The van der Waals surface area contributed by atoms with Crippen LogP contribution in [-0.2, 0) is 35.7 Å². The van der Waals surface area contributed by atoms with Crippen LogP contribution < -0.4 is 10.6 Å². The second kappa shape index (κ2) is 13.5. The van der Waals surface area contributed by atoms with Gasteiger partial charge in [-0.25, -0.2) is 4.79 Å². The molecule has 0 saturated carbocycles. The van der Waals surface area contributed by atoms with E-state index in [0.717, 1.165) is 0 Å². The van der Waals surface area contributed by atoms with Crippen LogP contribution in [0.25, 0.3) is 0 Å². The lowest BCUT2D eigenvalue weighted by Gasteiger charge is -2.20. The minimum atomic E-state index is -0.825. The summed E-state index contributed by atoms with van der Waals surface area (Å²) in [6, 6.07) is -0.726. The van der Waals surface area contributed by atoms with E-state index in [0.29, 0.717) is 13.0 Å². The first-order chi connectivity index (χ1) is 11.3. The molecule has 7 nitrogen and oxygen atoms in total. The third-order valence-electron chi connectivity index (χ3n) is 2.71. The molecule has 0 radical (unpaired) electrons. The number of carbonyl (C=O) groups excluding carboxylic acids is 3. The van der Waals surface area contributed by atoms with Gasteiger partial charge < -0.3 is 20.1 Å². The zero-order valence-electron chi connectivity index (χ0n) is 14.5. The summed E-state index contributed by atoms with van der Waals surface area (Å²) in [7, 11) is 0. The second-order valence-electron chi connectivity index (χ2n) is 5.05. The molecule has 1 unspecified atom stereocenters. The molecule has 0 aromatic carbocycles. The first kappa shape index (κ1) is 23.2. The van der Waals surface area contributed by atoms with E-state index in [4.69, 9.17) is 21.3 Å². The van der Waals surface area contributed by atoms with Gasteiger partial charge in [0.15, 0.2) is 11.8 Å². The van der Waals surface area contributed by atoms with E-state index in [-0.39, 0.29) is 30.7 Å². The molecule has 0 aliphatic heterocycles. The van der Waals surface area contributed by atoms with Crippen molar-refractivity contribution in [1.29, 1.82) is 0 Å². The van der Waals surface area contributed by atoms with Crippen LogP contribution in [0.5, 0.6) is 0 Å². The molecule has 0 aromatic heterocycles. The number of carbonyl (C=O) groups is 3. The Hall–Kier alpha value is -0.760. The van der Waals surface area contributed by atoms with Gasteiger partial charge in [-0.05, 0) is 19.8 Å². The van der Waals surface area contributed by atoms with Crippen LogP contribution in [0.3, 0.4) is 0 Å². The van der Waals surface area contributed by atoms with E-state index < -0.39 is 23.8 Å². The summed E-state index contributed by atoms with van der Waals surface area (Å²) in [5, 5.41) is 5.09. The lowest BCUT2D eigenvalue weighted by molar-refractivity contribution is -0.148. The van der Waals surface area contributed by atoms with E-state index in [1.807, 2.05) is 6.92 Å².